The van der Waals surface area contributed by atoms with E-state index in [-0.39, 0.29) is 6.67 Å². The third-order valence-electron chi connectivity index (χ3n) is 2.40. The van der Waals surface area contributed by atoms with Crippen molar-refractivity contribution in [3.8, 4) is 0 Å². The summed E-state index contributed by atoms with van der Waals surface area (Å²) in [4.78, 5) is 4.32. The molecular weight excluding hydrogens is 265 g/mol. The molecule has 4 nitrogen and oxygen atoms in total. The maximum absolute atomic E-state index is 12.1. The second-order valence-corrected chi connectivity index (χ2v) is 4.93. The molecule has 0 aliphatic rings. The lowest BCUT2D eigenvalue weighted by molar-refractivity contribution is 0.477. The van der Waals surface area contributed by atoms with E-state index in [9.17, 15) is 4.39 Å². The summed E-state index contributed by atoms with van der Waals surface area (Å²) in [5.41, 5.74) is 0. The first kappa shape index (κ1) is 15.9. The first-order valence-electron chi connectivity index (χ1n) is 6.46. The van der Waals surface area contributed by atoms with Crippen molar-refractivity contribution >= 4 is 17.7 Å². The number of halogens is 1. The van der Waals surface area contributed by atoms with Gasteiger partial charge in [-0.05, 0) is 24.8 Å². The van der Waals surface area contributed by atoms with Gasteiger partial charge in [-0.1, -0.05) is 0 Å². The summed E-state index contributed by atoms with van der Waals surface area (Å²) in [7, 11) is 0. The number of aliphatic imine (C=N–C) groups is 1. The van der Waals surface area contributed by atoms with Gasteiger partial charge in [0.05, 0.1) is 12.9 Å². The van der Waals surface area contributed by atoms with Crippen LogP contribution in [0.4, 0.5) is 4.39 Å². The van der Waals surface area contributed by atoms with Crippen molar-refractivity contribution in [1.82, 2.24) is 10.6 Å². The lowest BCUT2D eigenvalue weighted by Gasteiger charge is -2.11. The highest BCUT2D eigenvalue weighted by Gasteiger charge is 1.99. The van der Waals surface area contributed by atoms with Crippen LogP contribution in [0.25, 0.3) is 0 Å². The van der Waals surface area contributed by atoms with E-state index in [4.69, 9.17) is 4.42 Å². The van der Waals surface area contributed by atoms with E-state index in [0.717, 1.165) is 37.0 Å². The minimum Gasteiger partial charge on any atom is -0.469 e. The molecule has 1 heterocycles. The second kappa shape index (κ2) is 10.7. The molecule has 1 aromatic rings. The monoisotopic (exact) mass is 287 g/mol. The predicted octanol–water partition coefficient (Wildman–Crippen LogP) is 2.08. The molecule has 108 valence electrons. The van der Waals surface area contributed by atoms with Crippen LogP contribution < -0.4 is 10.6 Å². The van der Waals surface area contributed by atoms with E-state index in [0.29, 0.717) is 13.0 Å². The average Bonchev–Trinajstić information content (AvgIpc) is 2.92. The summed E-state index contributed by atoms with van der Waals surface area (Å²) in [5, 5.41) is 6.45. The van der Waals surface area contributed by atoms with Crippen molar-refractivity contribution < 1.29 is 8.81 Å². The maximum atomic E-state index is 12.1. The zero-order valence-electron chi connectivity index (χ0n) is 11.3. The minimum absolute atomic E-state index is 0.325. The molecule has 0 radical (unpaired) electrons. The molecule has 0 fully saturated rings. The molecule has 6 heteroatoms. The van der Waals surface area contributed by atoms with Gasteiger partial charge in [-0.3, -0.25) is 9.38 Å². The summed E-state index contributed by atoms with van der Waals surface area (Å²) in [6.07, 6.45) is 5.00. The normalized spacial score (nSPS) is 11.6. The third kappa shape index (κ3) is 7.77. The first-order chi connectivity index (χ1) is 9.36. The van der Waals surface area contributed by atoms with Gasteiger partial charge in [-0.15, -0.1) is 0 Å². The second-order valence-electron chi connectivity index (χ2n) is 3.95. The molecule has 0 aromatic carbocycles. The van der Waals surface area contributed by atoms with Crippen molar-refractivity contribution in [2.45, 2.75) is 12.8 Å². The molecule has 0 amide bonds. The van der Waals surface area contributed by atoms with E-state index in [2.05, 4.69) is 21.9 Å². The SMILES string of the molecule is CSCCNC(=NCCCF)NCCc1ccco1. The molecule has 0 atom stereocenters. The molecule has 0 saturated heterocycles. The lowest BCUT2D eigenvalue weighted by atomic mass is 10.3. The molecule has 0 saturated carbocycles. The smallest absolute Gasteiger partial charge is 0.191 e. The summed E-state index contributed by atoms with van der Waals surface area (Å²) in [6, 6.07) is 3.82. The number of alkyl halides is 1. The van der Waals surface area contributed by atoms with E-state index >= 15 is 0 Å². The first-order valence-corrected chi connectivity index (χ1v) is 7.85. The molecule has 0 aliphatic heterocycles. The molecule has 19 heavy (non-hydrogen) atoms. The van der Waals surface area contributed by atoms with Crippen LogP contribution in [0.2, 0.25) is 0 Å². The summed E-state index contributed by atoms with van der Waals surface area (Å²) < 4.78 is 17.3. The number of thioether (sulfide) groups is 1. The van der Waals surface area contributed by atoms with Crippen LogP contribution in [-0.2, 0) is 6.42 Å². The van der Waals surface area contributed by atoms with E-state index < -0.39 is 0 Å². The van der Waals surface area contributed by atoms with Crippen LogP contribution in [0.5, 0.6) is 0 Å². The quantitative estimate of drug-likeness (QED) is 0.415. The highest BCUT2D eigenvalue weighted by molar-refractivity contribution is 7.98. The van der Waals surface area contributed by atoms with Crippen molar-refractivity contribution in [3.63, 3.8) is 0 Å². The molecule has 2 N–H and O–H groups in total. The molecule has 1 rings (SSSR count). The van der Waals surface area contributed by atoms with Crippen molar-refractivity contribution in [2.75, 3.05) is 38.3 Å². The third-order valence-corrected chi connectivity index (χ3v) is 3.02. The highest BCUT2D eigenvalue weighted by atomic mass is 32.2. The number of guanidine groups is 1. The summed E-state index contributed by atoms with van der Waals surface area (Å²) >= 11 is 1.77. The zero-order chi connectivity index (χ0) is 13.8. The van der Waals surface area contributed by atoms with Crippen molar-refractivity contribution in [3.05, 3.63) is 24.2 Å². The van der Waals surface area contributed by atoms with Gasteiger partial charge in [-0.2, -0.15) is 11.8 Å². The van der Waals surface area contributed by atoms with Gasteiger partial charge in [-0.25, -0.2) is 0 Å². The lowest BCUT2D eigenvalue weighted by Crippen LogP contribution is -2.39. The van der Waals surface area contributed by atoms with E-state index in [1.807, 2.05) is 12.1 Å². The Hall–Kier alpha value is -1.17. The Morgan fingerprint density at radius 3 is 2.95 bits per heavy atom. The predicted molar refractivity (Wildman–Crippen MR) is 79.7 cm³/mol. The van der Waals surface area contributed by atoms with Gasteiger partial charge in [0.25, 0.3) is 0 Å². The van der Waals surface area contributed by atoms with E-state index in [1.165, 1.54) is 0 Å². The molecule has 0 aliphatic carbocycles. The Labute approximate surface area is 118 Å². The maximum Gasteiger partial charge on any atom is 0.191 e. The van der Waals surface area contributed by atoms with Gasteiger partial charge in [0.1, 0.15) is 5.76 Å². The standard InChI is InChI=1S/C13H22FN3OS/c1-19-11-9-17-13(15-7-3-6-14)16-8-5-12-4-2-10-18-12/h2,4,10H,3,5-9,11H2,1H3,(H2,15,16,17). The van der Waals surface area contributed by atoms with Gasteiger partial charge in [0.2, 0.25) is 0 Å². The highest BCUT2D eigenvalue weighted by Crippen LogP contribution is 1.99. The van der Waals surface area contributed by atoms with Crippen LogP contribution in [0.15, 0.2) is 27.8 Å². The topological polar surface area (TPSA) is 49.6 Å². The fraction of sp³-hybridized carbons (Fsp3) is 0.615. The van der Waals surface area contributed by atoms with Crippen LogP contribution in [0, 0.1) is 0 Å². The fourth-order valence-electron chi connectivity index (χ4n) is 1.46. The Morgan fingerprint density at radius 2 is 2.26 bits per heavy atom. The molecule has 0 spiro atoms. The molecule has 0 bridgehead atoms. The molecule has 0 unspecified atom stereocenters. The number of nitrogens with zero attached hydrogens (tertiary/aromatic N) is 1. The molecular formula is C13H22FN3OS. The van der Waals surface area contributed by atoms with Crippen molar-refractivity contribution in [2.24, 2.45) is 4.99 Å². The number of hydrogen-bond donors (Lipinski definition) is 2. The largest absolute Gasteiger partial charge is 0.469 e. The van der Waals surface area contributed by atoms with Gasteiger partial charge < -0.3 is 15.1 Å². The number of furan rings is 1. The van der Waals surface area contributed by atoms with Crippen LogP contribution in [0.1, 0.15) is 12.2 Å². The Bertz CT molecular complexity index is 344. The van der Waals surface area contributed by atoms with Gasteiger partial charge in [0, 0.05) is 31.8 Å². The van der Waals surface area contributed by atoms with Gasteiger partial charge in [0.15, 0.2) is 5.96 Å². The number of hydrogen-bond acceptors (Lipinski definition) is 3. The minimum atomic E-state index is -0.325. The molecule has 1 aromatic heterocycles. The Balaban J connectivity index is 2.28. The Kier molecular flexibility index (Phi) is 8.97. The average molecular weight is 287 g/mol. The van der Waals surface area contributed by atoms with Crippen LogP contribution >= 0.6 is 11.8 Å². The van der Waals surface area contributed by atoms with Crippen LogP contribution in [0.3, 0.4) is 0 Å². The Morgan fingerprint density at radius 1 is 1.42 bits per heavy atom. The fourth-order valence-corrected chi connectivity index (χ4v) is 1.76. The zero-order valence-corrected chi connectivity index (χ0v) is 12.1. The number of nitrogens with one attached hydrogen (secondary N) is 2. The van der Waals surface area contributed by atoms with Crippen LogP contribution in [-0.4, -0.2) is 44.3 Å². The number of rotatable bonds is 9. The summed E-state index contributed by atoms with van der Waals surface area (Å²) in [5.74, 6) is 2.70. The summed E-state index contributed by atoms with van der Waals surface area (Å²) in [6.45, 7) is 1.78. The van der Waals surface area contributed by atoms with Crippen molar-refractivity contribution in [1.29, 1.82) is 0 Å². The van der Waals surface area contributed by atoms with E-state index in [1.54, 1.807) is 18.0 Å². The van der Waals surface area contributed by atoms with Gasteiger partial charge >= 0.3 is 0 Å².